The van der Waals surface area contributed by atoms with Crippen LogP contribution >= 0.6 is 22.9 Å². The molecule has 4 nitrogen and oxygen atoms in total. The molecule has 1 atom stereocenters. The quantitative estimate of drug-likeness (QED) is 0.730. The van der Waals surface area contributed by atoms with Crippen LogP contribution in [0.1, 0.15) is 18.1 Å². The molecule has 3 rings (SSSR count). The molecule has 0 radical (unpaired) electrons. The molecule has 0 saturated heterocycles. The smallest absolute Gasteiger partial charge is 0.260 e. The topological polar surface area (TPSA) is 58.9 Å². The Balaban J connectivity index is 2.30. The first-order valence-electron chi connectivity index (χ1n) is 5.36. The van der Waals surface area contributed by atoms with E-state index >= 15 is 0 Å². The van der Waals surface area contributed by atoms with Gasteiger partial charge in [-0.25, -0.2) is 4.98 Å². The van der Waals surface area contributed by atoms with Gasteiger partial charge in [0.05, 0.1) is 17.0 Å². The Kier molecular flexibility index (Phi) is 2.72. The van der Waals surface area contributed by atoms with Gasteiger partial charge in [-0.1, -0.05) is 0 Å². The summed E-state index contributed by atoms with van der Waals surface area (Å²) < 4.78 is 5.32. The number of H-pyrrole nitrogens is 1. The minimum atomic E-state index is -0.323. The monoisotopic (exact) mass is 280 g/mol. The number of hydrogen-bond acceptors (Lipinski definition) is 4. The second-order valence-electron chi connectivity index (χ2n) is 3.87. The van der Waals surface area contributed by atoms with E-state index in [0.29, 0.717) is 21.8 Å². The van der Waals surface area contributed by atoms with E-state index in [1.165, 1.54) is 11.3 Å². The highest BCUT2D eigenvalue weighted by Gasteiger charge is 2.15. The zero-order valence-electron chi connectivity index (χ0n) is 9.44. The highest BCUT2D eigenvalue weighted by molar-refractivity contribution is 7.17. The van der Waals surface area contributed by atoms with Crippen LogP contribution in [0.5, 0.6) is 0 Å². The first kappa shape index (κ1) is 11.5. The molecule has 1 N–H and O–H groups in total. The van der Waals surface area contributed by atoms with Crippen LogP contribution in [-0.4, -0.2) is 9.97 Å². The number of halogens is 1. The van der Waals surface area contributed by atoms with Crippen molar-refractivity contribution in [2.75, 3.05) is 0 Å². The van der Waals surface area contributed by atoms with E-state index in [4.69, 9.17) is 16.0 Å². The van der Waals surface area contributed by atoms with Gasteiger partial charge in [-0.2, -0.15) is 0 Å². The molecule has 0 unspecified atom stereocenters. The number of aromatic amines is 1. The summed E-state index contributed by atoms with van der Waals surface area (Å²) in [5, 5.41) is 2.10. The largest absolute Gasteiger partial charge is 0.464 e. The van der Waals surface area contributed by atoms with E-state index < -0.39 is 0 Å². The fraction of sp³-hybridized carbons (Fsp3) is 0.167. The number of nitrogens with zero attached hydrogens (tertiary/aromatic N) is 1. The Labute approximate surface area is 111 Å². The Morgan fingerprint density at radius 2 is 2.39 bits per heavy atom. The maximum Gasteiger partial charge on any atom is 0.260 e. The number of thiophene rings is 1. The Bertz CT molecular complexity index is 743. The summed E-state index contributed by atoms with van der Waals surface area (Å²) >= 11 is 7.34. The van der Waals surface area contributed by atoms with Crippen LogP contribution in [0.2, 0.25) is 0 Å². The highest BCUT2D eigenvalue weighted by Crippen LogP contribution is 2.31. The third-order valence-corrected chi connectivity index (χ3v) is 3.70. The summed E-state index contributed by atoms with van der Waals surface area (Å²) in [6.45, 7) is 1.77. The standard InChI is InChI=1S/C12H9ClN2O2S/c1-6(13)10-14-11(16)9-7(5-18-12(9)15-10)8-3-2-4-17-8/h2-6H,1H3,(H,14,15,16)/t6-/m1/s1. The van der Waals surface area contributed by atoms with Crippen LogP contribution in [0.25, 0.3) is 21.5 Å². The lowest BCUT2D eigenvalue weighted by molar-refractivity contribution is 0.583. The van der Waals surface area contributed by atoms with E-state index in [1.807, 2.05) is 11.4 Å². The van der Waals surface area contributed by atoms with Gasteiger partial charge in [-0.3, -0.25) is 4.79 Å². The first-order chi connectivity index (χ1) is 8.66. The van der Waals surface area contributed by atoms with Crippen LogP contribution in [0.3, 0.4) is 0 Å². The van der Waals surface area contributed by atoms with E-state index in [0.717, 1.165) is 5.56 Å². The molecular weight excluding hydrogens is 272 g/mol. The lowest BCUT2D eigenvalue weighted by atomic mass is 10.2. The lowest BCUT2D eigenvalue weighted by Gasteiger charge is -2.01. The maximum absolute atomic E-state index is 12.1. The normalized spacial score (nSPS) is 13.0. The van der Waals surface area contributed by atoms with Gasteiger partial charge in [-0.05, 0) is 19.1 Å². The number of alkyl halides is 1. The number of nitrogens with one attached hydrogen (secondary N) is 1. The van der Waals surface area contributed by atoms with Crippen LogP contribution in [0.15, 0.2) is 33.0 Å². The Morgan fingerprint density at radius 3 is 3.06 bits per heavy atom. The first-order valence-corrected chi connectivity index (χ1v) is 6.68. The number of hydrogen-bond donors (Lipinski definition) is 1. The van der Waals surface area contributed by atoms with Crippen LogP contribution in [-0.2, 0) is 0 Å². The number of fused-ring (bicyclic) bond motifs is 1. The second kappa shape index (κ2) is 4.26. The van der Waals surface area contributed by atoms with Crippen molar-refractivity contribution in [2.45, 2.75) is 12.3 Å². The fourth-order valence-electron chi connectivity index (χ4n) is 1.77. The van der Waals surface area contributed by atoms with Gasteiger partial charge in [-0.15, -0.1) is 22.9 Å². The molecule has 0 spiro atoms. The van der Waals surface area contributed by atoms with Crippen molar-refractivity contribution < 1.29 is 4.42 Å². The van der Waals surface area contributed by atoms with Gasteiger partial charge < -0.3 is 9.40 Å². The van der Waals surface area contributed by atoms with Crippen molar-refractivity contribution in [2.24, 2.45) is 0 Å². The van der Waals surface area contributed by atoms with Gasteiger partial charge in [0.1, 0.15) is 16.4 Å². The zero-order chi connectivity index (χ0) is 12.7. The lowest BCUT2D eigenvalue weighted by Crippen LogP contribution is -2.11. The summed E-state index contributed by atoms with van der Waals surface area (Å²) in [5.41, 5.74) is 0.581. The van der Waals surface area contributed by atoms with E-state index in [9.17, 15) is 4.79 Å². The average Bonchev–Trinajstić information content (AvgIpc) is 2.96. The van der Waals surface area contributed by atoms with E-state index in [-0.39, 0.29) is 10.9 Å². The molecule has 92 valence electrons. The van der Waals surface area contributed by atoms with Crippen molar-refractivity contribution in [3.8, 4) is 11.3 Å². The summed E-state index contributed by atoms with van der Waals surface area (Å²) in [7, 11) is 0. The van der Waals surface area contributed by atoms with Crippen LogP contribution in [0, 0.1) is 0 Å². The molecule has 0 aromatic carbocycles. The van der Waals surface area contributed by atoms with Crippen LogP contribution < -0.4 is 5.56 Å². The summed E-state index contributed by atoms with van der Waals surface area (Å²) in [6, 6.07) is 3.61. The summed E-state index contributed by atoms with van der Waals surface area (Å²) in [5.74, 6) is 1.15. The minimum absolute atomic E-state index is 0.185. The molecule has 0 aliphatic carbocycles. The molecule has 0 fully saturated rings. The maximum atomic E-state index is 12.1. The molecule has 18 heavy (non-hydrogen) atoms. The second-order valence-corrected chi connectivity index (χ2v) is 5.39. The van der Waals surface area contributed by atoms with Gasteiger partial charge in [0, 0.05) is 10.9 Å². The minimum Gasteiger partial charge on any atom is -0.464 e. The van der Waals surface area contributed by atoms with Gasteiger partial charge in [0.2, 0.25) is 0 Å². The SMILES string of the molecule is C[C@@H](Cl)c1nc2scc(-c3ccco3)c2c(=O)[nH]1. The van der Waals surface area contributed by atoms with E-state index in [2.05, 4.69) is 9.97 Å². The number of rotatable bonds is 2. The molecule has 0 amide bonds. The number of furan rings is 1. The third-order valence-electron chi connectivity index (χ3n) is 2.63. The van der Waals surface area contributed by atoms with Crippen molar-refractivity contribution in [1.82, 2.24) is 9.97 Å². The fourth-order valence-corrected chi connectivity index (χ4v) is 2.81. The summed E-state index contributed by atoms with van der Waals surface area (Å²) in [4.78, 5) is 19.8. The van der Waals surface area contributed by atoms with Crippen molar-refractivity contribution in [3.63, 3.8) is 0 Å². The highest BCUT2D eigenvalue weighted by atomic mass is 35.5. The molecule has 3 aromatic heterocycles. The predicted octanol–water partition coefficient (Wildman–Crippen LogP) is 3.54. The Morgan fingerprint density at radius 1 is 1.56 bits per heavy atom. The molecule has 0 aliphatic rings. The summed E-state index contributed by atoms with van der Waals surface area (Å²) in [6.07, 6.45) is 1.58. The van der Waals surface area contributed by atoms with Gasteiger partial charge in [0.25, 0.3) is 5.56 Å². The number of aromatic nitrogens is 2. The average molecular weight is 281 g/mol. The van der Waals surface area contributed by atoms with Crippen LogP contribution in [0.4, 0.5) is 0 Å². The van der Waals surface area contributed by atoms with Crippen molar-refractivity contribution in [1.29, 1.82) is 0 Å². The van der Waals surface area contributed by atoms with Gasteiger partial charge in [0.15, 0.2) is 0 Å². The van der Waals surface area contributed by atoms with Crippen molar-refractivity contribution in [3.05, 3.63) is 40.0 Å². The predicted molar refractivity (Wildman–Crippen MR) is 72.2 cm³/mol. The van der Waals surface area contributed by atoms with Crippen molar-refractivity contribution >= 4 is 33.2 Å². The molecule has 0 saturated carbocycles. The van der Waals surface area contributed by atoms with Gasteiger partial charge >= 0.3 is 0 Å². The third kappa shape index (κ3) is 1.76. The molecule has 0 bridgehead atoms. The zero-order valence-corrected chi connectivity index (χ0v) is 11.0. The molecular formula is C12H9ClN2O2S. The Hall–Kier alpha value is -1.59. The molecule has 6 heteroatoms. The molecule has 3 aromatic rings. The molecule has 3 heterocycles. The van der Waals surface area contributed by atoms with E-state index in [1.54, 1.807) is 19.3 Å². The molecule has 0 aliphatic heterocycles.